The van der Waals surface area contributed by atoms with Gasteiger partial charge < -0.3 is 10.0 Å². The molecule has 0 spiro atoms. The van der Waals surface area contributed by atoms with Crippen LogP contribution in [0.2, 0.25) is 0 Å². The van der Waals surface area contributed by atoms with E-state index in [0.717, 1.165) is 0 Å². The highest BCUT2D eigenvalue weighted by atomic mass is 16.4. The molecule has 0 aliphatic heterocycles. The van der Waals surface area contributed by atoms with Crippen molar-refractivity contribution in [3.05, 3.63) is 6.33 Å². The summed E-state index contributed by atoms with van der Waals surface area (Å²) in [4.78, 5) is 28.0. The zero-order valence-electron chi connectivity index (χ0n) is 11.3. The molecule has 1 heterocycles. The number of hydrogen-bond acceptors (Lipinski definition) is 4. The van der Waals surface area contributed by atoms with Gasteiger partial charge in [-0.2, -0.15) is 10.1 Å². The van der Waals surface area contributed by atoms with E-state index in [9.17, 15) is 9.59 Å². The van der Waals surface area contributed by atoms with Crippen molar-refractivity contribution in [2.75, 3.05) is 11.9 Å². The Kier molecular flexibility index (Phi) is 5.28. The predicted octanol–water partition coefficient (Wildman–Crippen LogP) is 0.922. The molecule has 106 valence electrons. The van der Waals surface area contributed by atoms with Gasteiger partial charge in [0, 0.05) is 26.1 Å². The number of nitrogens with zero attached hydrogens (tertiary/aromatic N) is 4. The van der Waals surface area contributed by atoms with Gasteiger partial charge in [-0.3, -0.25) is 10.1 Å². The summed E-state index contributed by atoms with van der Waals surface area (Å²) in [5, 5.41) is 15.1. The van der Waals surface area contributed by atoms with Gasteiger partial charge in [0.25, 0.3) is 0 Å². The van der Waals surface area contributed by atoms with Crippen LogP contribution >= 0.6 is 0 Å². The lowest BCUT2D eigenvalue weighted by Crippen LogP contribution is -2.41. The van der Waals surface area contributed by atoms with Gasteiger partial charge in [-0.05, 0) is 20.3 Å². The number of amides is 2. The van der Waals surface area contributed by atoms with Gasteiger partial charge in [0.1, 0.15) is 6.33 Å². The molecule has 0 aliphatic carbocycles. The first-order valence-corrected chi connectivity index (χ1v) is 6.05. The Bertz CT molecular complexity index is 443. The van der Waals surface area contributed by atoms with Crippen LogP contribution in [0, 0.1) is 0 Å². The fourth-order valence-electron chi connectivity index (χ4n) is 1.57. The highest BCUT2D eigenvalue weighted by Crippen LogP contribution is 2.06. The summed E-state index contributed by atoms with van der Waals surface area (Å²) in [6.07, 6.45) is 1.81. The van der Waals surface area contributed by atoms with Gasteiger partial charge in [0.2, 0.25) is 5.95 Å². The average molecular weight is 269 g/mol. The van der Waals surface area contributed by atoms with E-state index in [-0.39, 0.29) is 18.5 Å². The Labute approximate surface area is 111 Å². The summed E-state index contributed by atoms with van der Waals surface area (Å²) in [6, 6.07) is -0.335. The summed E-state index contributed by atoms with van der Waals surface area (Å²) in [6.45, 7) is 4.13. The highest BCUT2D eigenvalue weighted by Gasteiger charge is 2.18. The molecule has 0 atom stereocenters. The number of carbonyl (C=O) groups is 2. The molecular weight excluding hydrogens is 250 g/mol. The Hall–Kier alpha value is -2.12. The summed E-state index contributed by atoms with van der Waals surface area (Å²) in [5.74, 6) is -0.508. The Balaban J connectivity index is 2.58. The van der Waals surface area contributed by atoms with Gasteiger partial charge in [-0.1, -0.05) is 0 Å². The number of aryl methyl sites for hydroxylation is 1. The first-order chi connectivity index (χ1) is 8.91. The van der Waals surface area contributed by atoms with Crippen molar-refractivity contribution in [1.29, 1.82) is 0 Å². The number of aliphatic carboxylic acids is 1. The van der Waals surface area contributed by atoms with E-state index >= 15 is 0 Å². The molecule has 1 aromatic heterocycles. The van der Waals surface area contributed by atoms with Crippen molar-refractivity contribution in [2.45, 2.75) is 32.7 Å². The van der Waals surface area contributed by atoms with Crippen molar-refractivity contribution in [1.82, 2.24) is 19.7 Å². The third kappa shape index (κ3) is 4.57. The van der Waals surface area contributed by atoms with E-state index in [0.29, 0.717) is 18.9 Å². The lowest BCUT2D eigenvalue weighted by molar-refractivity contribution is -0.137. The van der Waals surface area contributed by atoms with Crippen molar-refractivity contribution in [2.24, 2.45) is 7.05 Å². The van der Waals surface area contributed by atoms with Gasteiger partial charge in [0.05, 0.1) is 0 Å². The van der Waals surface area contributed by atoms with E-state index in [2.05, 4.69) is 15.4 Å². The maximum atomic E-state index is 12.1. The van der Waals surface area contributed by atoms with Crippen molar-refractivity contribution < 1.29 is 14.7 Å². The van der Waals surface area contributed by atoms with Crippen molar-refractivity contribution >= 4 is 17.9 Å². The van der Waals surface area contributed by atoms with E-state index in [1.54, 1.807) is 11.9 Å². The molecule has 2 amide bonds. The molecular formula is C11H19N5O3. The summed E-state index contributed by atoms with van der Waals surface area (Å²) >= 11 is 0. The quantitative estimate of drug-likeness (QED) is 0.799. The number of hydrogen-bond donors (Lipinski definition) is 2. The number of carboxylic acids is 1. The number of carboxylic acid groups (broad SMARTS) is 1. The van der Waals surface area contributed by atoms with Crippen LogP contribution in [0.4, 0.5) is 10.7 Å². The van der Waals surface area contributed by atoms with Crippen LogP contribution in [0.5, 0.6) is 0 Å². The predicted molar refractivity (Wildman–Crippen MR) is 68.7 cm³/mol. The third-order valence-electron chi connectivity index (χ3n) is 2.60. The smallest absolute Gasteiger partial charge is 0.324 e. The number of carbonyl (C=O) groups excluding carboxylic acids is 1. The van der Waals surface area contributed by atoms with Gasteiger partial charge in [-0.25, -0.2) is 9.48 Å². The van der Waals surface area contributed by atoms with E-state index < -0.39 is 5.97 Å². The molecule has 0 aliphatic rings. The van der Waals surface area contributed by atoms with E-state index in [1.807, 2.05) is 13.8 Å². The zero-order chi connectivity index (χ0) is 14.4. The molecule has 8 nitrogen and oxygen atoms in total. The van der Waals surface area contributed by atoms with Gasteiger partial charge >= 0.3 is 12.0 Å². The first-order valence-electron chi connectivity index (χ1n) is 6.05. The summed E-state index contributed by atoms with van der Waals surface area (Å²) in [7, 11) is 1.67. The summed E-state index contributed by atoms with van der Waals surface area (Å²) < 4.78 is 1.45. The Morgan fingerprint density at radius 2 is 2.21 bits per heavy atom. The first kappa shape index (κ1) is 14.9. The van der Waals surface area contributed by atoms with E-state index in [4.69, 9.17) is 5.11 Å². The third-order valence-corrected chi connectivity index (χ3v) is 2.60. The molecule has 0 unspecified atom stereocenters. The number of rotatable bonds is 6. The maximum absolute atomic E-state index is 12.1. The molecule has 1 aromatic rings. The minimum Gasteiger partial charge on any atom is -0.481 e. The molecule has 0 radical (unpaired) electrons. The minimum atomic E-state index is -0.864. The second kappa shape index (κ2) is 6.72. The van der Waals surface area contributed by atoms with Crippen molar-refractivity contribution in [3.63, 3.8) is 0 Å². The van der Waals surface area contributed by atoms with Crippen LogP contribution in [0.3, 0.4) is 0 Å². The topological polar surface area (TPSA) is 100 Å². The SMILES string of the molecule is CC(C)N(CCCC(=O)O)C(=O)Nc1ncnn1C. The molecule has 0 bridgehead atoms. The second-order valence-electron chi connectivity index (χ2n) is 4.42. The zero-order valence-corrected chi connectivity index (χ0v) is 11.3. The van der Waals surface area contributed by atoms with Gasteiger partial charge in [0.15, 0.2) is 0 Å². The number of nitrogens with one attached hydrogen (secondary N) is 1. The molecule has 19 heavy (non-hydrogen) atoms. The molecule has 0 saturated carbocycles. The molecule has 0 saturated heterocycles. The highest BCUT2D eigenvalue weighted by molar-refractivity contribution is 5.87. The average Bonchev–Trinajstić information content (AvgIpc) is 2.69. The van der Waals surface area contributed by atoms with Crippen molar-refractivity contribution in [3.8, 4) is 0 Å². The van der Waals surface area contributed by atoms with Crippen LogP contribution in [0.15, 0.2) is 6.33 Å². The molecule has 8 heteroatoms. The molecule has 0 aromatic carbocycles. The molecule has 2 N–H and O–H groups in total. The van der Waals surface area contributed by atoms with E-state index in [1.165, 1.54) is 11.0 Å². The lowest BCUT2D eigenvalue weighted by atomic mass is 10.2. The van der Waals surface area contributed by atoms with Gasteiger partial charge in [-0.15, -0.1) is 0 Å². The second-order valence-corrected chi connectivity index (χ2v) is 4.42. The van der Waals surface area contributed by atoms with Crippen LogP contribution in [-0.2, 0) is 11.8 Å². The Morgan fingerprint density at radius 3 is 2.68 bits per heavy atom. The fourth-order valence-corrected chi connectivity index (χ4v) is 1.57. The maximum Gasteiger partial charge on any atom is 0.324 e. The lowest BCUT2D eigenvalue weighted by Gasteiger charge is -2.26. The molecule has 1 rings (SSSR count). The van der Waals surface area contributed by atoms with Crippen LogP contribution in [-0.4, -0.2) is 49.4 Å². The normalized spacial score (nSPS) is 10.5. The fraction of sp³-hybridized carbons (Fsp3) is 0.636. The molecule has 0 fully saturated rings. The number of urea groups is 1. The van der Waals surface area contributed by atoms with Crippen LogP contribution in [0.1, 0.15) is 26.7 Å². The summed E-state index contributed by atoms with van der Waals surface area (Å²) in [5.41, 5.74) is 0. The largest absolute Gasteiger partial charge is 0.481 e. The number of aromatic nitrogens is 3. The number of anilines is 1. The standard InChI is InChI=1S/C11H19N5O3/c1-8(2)16(6-4-5-9(17)18)11(19)14-10-12-7-13-15(10)3/h7-8H,4-6H2,1-3H3,(H,17,18)(H,12,13,14,19). The Morgan fingerprint density at radius 1 is 1.53 bits per heavy atom. The van der Waals surface area contributed by atoms with Crippen LogP contribution in [0.25, 0.3) is 0 Å². The van der Waals surface area contributed by atoms with Crippen LogP contribution < -0.4 is 5.32 Å². The minimum absolute atomic E-state index is 0.0259. The monoisotopic (exact) mass is 269 g/mol.